The quantitative estimate of drug-likeness (QED) is 0.901. The molecule has 4 heteroatoms. The lowest BCUT2D eigenvalue weighted by atomic mass is 10.1. The van der Waals surface area contributed by atoms with Crippen molar-refractivity contribution < 1.29 is 4.79 Å². The first kappa shape index (κ1) is 12.4. The molecule has 1 aliphatic rings. The molecular weight excluding hydrogens is 256 g/mol. The van der Waals surface area contributed by atoms with Gasteiger partial charge in [0.15, 0.2) is 0 Å². The van der Waals surface area contributed by atoms with Gasteiger partial charge in [-0.05, 0) is 34.6 Å². The molecule has 0 aliphatic carbocycles. The number of fused-ring (bicyclic) bond motifs is 1. The summed E-state index contributed by atoms with van der Waals surface area (Å²) in [6, 6.07) is 6.41. The van der Waals surface area contributed by atoms with E-state index in [4.69, 9.17) is 0 Å². The highest BCUT2D eigenvalue weighted by molar-refractivity contribution is 7.08. The Balaban J connectivity index is 1.66. The molecule has 0 radical (unpaired) electrons. The molecule has 2 aromatic rings. The molecule has 0 bridgehead atoms. The molecule has 1 aromatic carbocycles. The van der Waals surface area contributed by atoms with Crippen molar-refractivity contribution in [3.05, 3.63) is 56.8 Å². The molecule has 19 heavy (non-hydrogen) atoms. The first-order valence-corrected chi connectivity index (χ1v) is 7.31. The van der Waals surface area contributed by atoms with Crippen molar-refractivity contribution in [3.63, 3.8) is 0 Å². The van der Waals surface area contributed by atoms with Crippen LogP contribution in [-0.2, 0) is 19.6 Å². The van der Waals surface area contributed by atoms with E-state index < -0.39 is 0 Å². The largest absolute Gasteiger partial charge is 0.348 e. The minimum atomic E-state index is 0.0115. The highest BCUT2D eigenvalue weighted by atomic mass is 32.1. The number of carbonyl (C=O) groups excluding carboxylic acids is 1. The SMILES string of the molecule is Cc1cscc1C(=O)NCc1ccc2c(c1)CNC2. The van der Waals surface area contributed by atoms with Crippen LogP contribution in [0.15, 0.2) is 29.0 Å². The molecule has 2 heterocycles. The van der Waals surface area contributed by atoms with E-state index in [-0.39, 0.29) is 5.91 Å². The van der Waals surface area contributed by atoms with Crippen molar-refractivity contribution in [3.8, 4) is 0 Å². The fraction of sp³-hybridized carbons (Fsp3) is 0.267. The van der Waals surface area contributed by atoms with Crippen LogP contribution in [0.2, 0.25) is 0 Å². The van der Waals surface area contributed by atoms with E-state index in [9.17, 15) is 4.79 Å². The van der Waals surface area contributed by atoms with Gasteiger partial charge in [0, 0.05) is 25.0 Å². The van der Waals surface area contributed by atoms with E-state index in [1.54, 1.807) is 11.3 Å². The van der Waals surface area contributed by atoms with Gasteiger partial charge in [-0.15, -0.1) is 0 Å². The number of hydrogen-bond donors (Lipinski definition) is 2. The van der Waals surface area contributed by atoms with Crippen LogP contribution in [0.5, 0.6) is 0 Å². The Kier molecular flexibility index (Phi) is 3.36. The lowest BCUT2D eigenvalue weighted by Gasteiger charge is -2.07. The van der Waals surface area contributed by atoms with Crippen molar-refractivity contribution in [2.75, 3.05) is 0 Å². The first-order chi connectivity index (χ1) is 9.24. The number of benzene rings is 1. The lowest BCUT2D eigenvalue weighted by molar-refractivity contribution is 0.0951. The standard InChI is InChI=1S/C15H16N2OS/c1-10-8-19-9-14(10)15(18)17-5-11-2-3-12-6-16-7-13(12)4-11/h2-4,8-9,16H,5-7H2,1H3,(H,17,18). The van der Waals surface area contributed by atoms with Gasteiger partial charge in [-0.3, -0.25) is 4.79 Å². The van der Waals surface area contributed by atoms with Crippen molar-refractivity contribution >= 4 is 17.2 Å². The predicted molar refractivity (Wildman–Crippen MR) is 77.2 cm³/mol. The molecule has 0 unspecified atom stereocenters. The van der Waals surface area contributed by atoms with Gasteiger partial charge < -0.3 is 10.6 Å². The summed E-state index contributed by atoms with van der Waals surface area (Å²) in [5, 5.41) is 10.2. The third kappa shape index (κ3) is 2.55. The fourth-order valence-corrected chi connectivity index (χ4v) is 3.16. The van der Waals surface area contributed by atoms with Crippen LogP contribution in [0.3, 0.4) is 0 Å². The van der Waals surface area contributed by atoms with Gasteiger partial charge in [0.05, 0.1) is 5.56 Å². The molecule has 0 saturated carbocycles. The number of carbonyl (C=O) groups is 1. The van der Waals surface area contributed by atoms with Crippen LogP contribution in [0.4, 0.5) is 0 Å². The molecule has 1 amide bonds. The summed E-state index contributed by atoms with van der Waals surface area (Å²) in [4.78, 5) is 12.0. The molecule has 98 valence electrons. The number of nitrogens with one attached hydrogen (secondary N) is 2. The van der Waals surface area contributed by atoms with Gasteiger partial charge in [0.25, 0.3) is 5.91 Å². The number of rotatable bonds is 3. The molecule has 0 saturated heterocycles. The highest BCUT2D eigenvalue weighted by Gasteiger charge is 2.12. The number of amides is 1. The number of aryl methyl sites for hydroxylation is 1. The third-order valence-electron chi connectivity index (χ3n) is 3.45. The average Bonchev–Trinajstić information content (AvgIpc) is 3.03. The summed E-state index contributed by atoms with van der Waals surface area (Å²) in [6.07, 6.45) is 0. The third-order valence-corrected chi connectivity index (χ3v) is 4.32. The van der Waals surface area contributed by atoms with Gasteiger partial charge in [-0.2, -0.15) is 11.3 Å². The molecule has 3 rings (SSSR count). The minimum Gasteiger partial charge on any atom is -0.348 e. The molecule has 2 N–H and O–H groups in total. The number of hydrogen-bond acceptors (Lipinski definition) is 3. The first-order valence-electron chi connectivity index (χ1n) is 6.36. The summed E-state index contributed by atoms with van der Waals surface area (Å²) in [7, 11) is 0. The van der Waals surface area contributed by atoms with Crippen molar-refractivity contribution in [2.24, 2.45) is 0 Å². The summed E-state index contributed by atoms with van der Waals surface area (Å²) in [5.74, 6) is 0.0115. The second kappa shape index (κ2) is 5.15. The minimum absolute atomic E-state index is 0.0115. The fourth-order valence-electron chi connectivity index (χ4n) is 2.33. The van der Waals surface area contributed by atoms with Crippen LogP contribution in [0, 0.1) is 6.92 Å². The average molecular weight is 272 g/mol. The van der Waals surface area contributed by atoms with E-state index in [2.05, 4.69) is 28.8 Å². The van der Waals surface area contributed by atoms with E-state index in [0.29, 0.717) is 6.54 Å². The Bertz CT molecular complexity index is 618. The highest BCUT2D eigenvalue weighted by Crippen LogP contribution is 2.17. The maximum absolute atomic E-state index is 12.0. The number of thiophene rings is 1. The van der Waals surface area contributed by atoms with E-state index in [1.165, 1.54) is 11.1 Å². The van der Waals surface area contributed by atoms with Crippen molar-refractivity contribution in [2.45, 2.75) is 26.6 Å². The van der Waals surface area contributed by atoms with Gasteiger partial charge >= 0.3 is 0 Å². The van der Waals surface area contributed by atoms with Crippen LogP contribution in [0.25, 0.3) is 0 Å². The Morgan fingerprint density at radius 2 is 2.16 bits per heavy atom. The molecule has 0 spiro atoms. The molecule has 0 atom stereocenters. The zero-order chi connectivity index (χ0) is 13.2. The predicted octanol–water partition coefficient (Wildman–Crippen LogP) is 2.59. The zero-order valence-corrected chi connectivity index (χ0v) is 11.6. The van der Waals surface area contributed by atoms with Gasteiger partial charge in [-0.1, -0.05) is 18.2 Å². The molecule has 3 nitrogen and oxygen atoms in total. The summed E-state index contributed by atoms with van der Waals surface area (Å²) in [5.41, 5.74) is 5.69. The Morgan fingerprint density at radius 1 is 1.32 bits per heavy atom. The second-order valence-corrected chi connectivity index (χ2v) is 5.60. The van der Waals surface area contributed by atoms with Crippen LogP contribution in [0.1, 0.15) is 32.6 Å². The van der Waals surface area contributed by atoms with Crippen LogP contribution < -0.4 is 10.6 Å². The smallest absolute Gasteiger partial charge is 0.252 e. The Morgan fingerprint density at radius 3 is 2.95 bits per heavy atom. The maximum atomic E-state index is 12.0. The van der Waals surface area contributed by atoms with E-state index in [0.717, 1.165) is 29.8 Å². The Labute approximate surface area is 116 Å². The lowest BCUT2D eigenvalue weighted by Crippen LogP contribution is -2.23. The molecule has 1 aromatic heterocycles. The molecule has 0 fully saturated rings. The van der Waals surface area contributed by atoms with Crippen molar-refractivity contribution in [1.29, 1.82) is 0 Å². The normalized spacial score (nSPS) is 13.3. The topological polar surface area (TPSA) is 41.1 Å². The molecular formula is C15H16N2OS. The van der Waals surface area contributed by atoms with E-state index >= 15 is 0 Å². The Hall–Kier alpha value is -1.65. The van der Waals surface area contributed by atoms with Gasteiger partial charge in [0.2, 0.25) is 0 Å². The van der Waals surface area contributed by atoms with Crippen LogP contribution >= 0.6 is 11.3 Å². The van der Waals surface area contributed by atoms with Gasteiger partial charge in [0.1, 0.15) is 0 Å². The maximum Gasteiger partial charge on any atom is 0.252 e. The summed E-state index contributed by atoms with van der Waals surface area (Å²) < 4.78 is 0. The summed E-state index contributed by atoms with van der Waals surface area (Å²) >= 11 is 1.56. The van der Waals surface area contributed by atoms with Gasteiger partial charge in [-0.25, -0.2) is 0 Å². The zero-order valence-electron chi connectivity index (χ0n) is 10.8. The second-order valence-electron chi connectivity index (χ2n) is 4.86. The van der Waals surface area contributed by atoms with E-state index in [1.807, 2.05) is 17.7 Å². The monoisotopic (exact) mass is 272 g/mol. The van der Waals surface area contributed by atoms with Crippen molar-refractivity contribution in [1.82, 2.24) is 10.6 Å². The summed E-state index contributed by atoms with van der Waals surface area (Å²) in [6.45, 7) is 4.44. The van der Waals surface area contributed by atoms with Crippen LogP contribution in [-0.4, -0.2) is 5.91 Å². The molecule has 1 aliphatic heterocycles.